The lowest BCUT2D eigenvalue weighted by Gasteiger charge is -2.16. The largest absolute Gasteiger partial charge is 0.595 e. The molecule has 0 aliphatic heterocycles. The van der Waals surface area contributed by atoms with E-state index < -0.39 is 5.23 Å². The van der Waals surface area contributed by atoms with Crippen molar-refractivity contribution in [1.29, 1.82) is 0 Å². The van der Waals surface area contributed by atoms with Crippen LogP contribution in [0.1, 0.15) is 36.8 Å². The van der Waals surface area contributed by atoms with Gasteiger partial charge in [-0.3, -0.25) is 0 Å². The van der Waals surface area contributed by atoms with Gasteiger partial charge in [-0.2, -0.15) is 5.23 Å². The molecule has 31 heavy (non-hydrogen) atoms. The predicted molar refractivity (Wildman–Crippen MR) is 120 cm³/mol. The van der Waals surface area contributed by atoms with Gasteiger partial charge in [0.2, 0.25) is 0 Å². The number of quaternary nitrogens is 1. The third-order valence-corrected chi connectivity index (χ3v) is 3.95. The zero-order chi connectivity index (χ0) is 23.7. The van der Waals surface area contributed by atoms with Gasteiger partial charge in [0.25, 0.3) is 0 Å². The van der Waals surface area contributed by atoms with E-state index in [2.05, 4.69) is 9.47 Å². The van der Waals surface area contributed by atoms with Gasteiger partial charge >= 0.3 is 0 Å². The number of benzene rings is 1. The van der Waals surface area contributed by atoms with Gasteiger partial charge in [-0.05, 0) is 18.4 Å². The summed E-state index contributed by atoms with van der Waals surface area (Å²) in [5.41, 5.74) is 1.78. The molecular formula is C22H43NO8. The molecule has 0 fully saturated rings. The van der Waals surface area contributed by atoms with E-state index >= 15 is 0 Å². The lowest BCUT2D eigenvalue weighted by Crippen LogP contribution is -2.99. The molecule has 0 aromatic heterocycles. The minimum absolute atomic E-state index is 0.270. The Balaban J connectivity index is 0. The van der Waals surface area contributed by atoms with Crippen molar-refractivity contribution in [3.8, 4) is 0 Å². The van der Waals surface area contributed by atoms with Gasteiger partial charge < -0.3 is 33.6 Å². The highest BCUT2D eigenvalue weighted by Gasteiger charge is 2.09. The smallest absolute Gasteiger partial charge is 0.169 e. The lowest BCUT2D eigenvalue weighted by atomic mass is 10.1. The summed E-state index contributed by atoms with van der Waals surface area (Å²) in [7, 11) is 9.90. The third kappa shape index (κ3) is 20.5. The van der Waals surface area contributed by atoms with Crippen molar-refractivity contribution in [3.63, 3.8) is 0 Å². The highest BCUT2D eigenvalue weighted by Crippen LogP contribution is 2.15. The molecule has 1 unspecified atom stereocenters. The second-order valence-corrected chi connectivity index (χ2v) is 6.55. The Labute approximate surface area is 187 Å². The van der Waals surface area contributed by atoms with Crippen LogP contribution >= 0.6 is 0 Å². The number of hydrogen-bond acceptors (Lipinski definition) is 8. The highest BCUT2D eigenvalue weighted by atomic mass is 16.8. The summed E-state index contributed by atoms with van der Waals surface area (Å²) in [5, 5.41) is 19.0. The molecule has 0 spiro atoms. The standard InChI is InChI=1S/C10H15NO4.C8H18O2.C4H10O2/c1-14-6-8-3-4-9(7-15-2)10(5-8)11(12)13;1-9-7-5-3-4-6-8-10-2;1-5-3-4-6-2/h3-5,11-12H,6-7H2,1-2H3;3-8H2,1-2H3;3-4H2,1-2H3. The monoisotopic (exact) mass is 449 g/mol. The zero-order valence-corrected chi connectivity index (χ0v) is 20.1. The van der Waals surface area contributed by atoms with Crippen molar-refractivity contribution in [2.45, 2.75) is 38.9 Å². The first-order chi connectivity index (χ1) is 15.0. The summed E-state index contributed by atoms with van der Waals surface area (Å²) in [6.07, 6.45) is 4.88. The van der Waals surface area contributed by atoms with Crippen LogP contribution in [0.15, 0.2) is 18.2 Å². The quantitative estimate of drug-likeness (QED) is 0.311. The number of ether oxygens (including phenoxy) is 6. The molecule has 1 rings (SSSR count). The van der Waals surface area contributed by atoms with Crippen molar-refractivity contribution < 1.29 is 38.9 Å². The van der Waals surface area contributed by atoms with Crippen molar-refractivity contribution in [2.24, 2.45) is 0 Å². The number of methoxy groups -OCH3 is 6. The molecule has 0 amide bonds. The molecule has 0 aliphatic carbocycles. The van der Waals surface area contributed by atoms with Crippen LogP contribution in [0.4, 0.5) is 5.69 Å². The van der Waals surface area contributed by atoms with E-state index in [4.69, 9.17) is 24.2 Å². The topological polar surface area (TPSA) is 103 Å². The number of nitrogens with one attached hydrogen (secondary N) is 1. The normalized spacial score (nSPS) is 11.2. The molecule has 0 bridgehead atoms. The van der Waals surface area contributed by atoms with E-state index in [9.17, 15) is 5.21 Å². The second kappa shape index (κ2) is 25.1. The maximum absolute atomic E-state index is 11.0. The molecule has 2 N–H and O–H groups in total. The Bertz CT molecular complexity index is 477. The van der Waals surface area contributed by atoms with Crippen LogP contribution in [-0.4, -0.2) is 74.3 Å². The highest BCUT2D eigenvalue weighted by molar-refractivity contribution is 5.42. The fourth-order valence-corrected chi connectivity index (χ4v) is 2.37. The predicted octanol–water partition coefficient (Wildman–Crippen LogP) is 2.50. The van der Waals surface area contributed by atoms with Crippen molar-refractivity contribution in [1.82, 2.24) is 0 Å². The summed E-state index contributed by atoms with van der Waals surface area (Å²) in [6, 6.07) is 5.20. The van der Waals surface area contributed by atoms with Crippen LogP contribution in [0.25, 0.3) is 0 Å². The molecule has 9 nitrogen and oxygen atoms in total. The van der Waals surface area contributed by atoms with Crippen LogP contribution in [0.3, 0.4) is 0 Å². The van der Waals surface area contributed by atoms with Crippen LogP contribution in [0.5, 0.6) is 0 Å². The molecule has 0 saturated heterocycles. The fraction of sp³-hybridized carbons (Fsp3) is 0.727. The third-order valence-electron chi connectivity index (χ3n) is 3.95. The molecule has 1 atom stereocenters. The van der Waals surface area contributed by atoms with Crippen LogP contribution in [0.2, 0.25) is 0 Å². The summed E-state index contributed by atoms with van der Waals surface area (Å²) in [6.45, 7) is 3.88. The first-order valence-corrected chi connectivity index (χ1v) is 10.3. The van der Waals surface area contributed by atoms with Gasteiger partial charge in [-0.15, -0.1) is 0 Å². The summed E-state index contributed by atoms with van der Waals surface area (Å²) < 4.78 is 29.0. The number of unbranched alkanes of at least 4 members (excludes halogenated alkanes) is 3. The van der Waals surface area contributed by atoms with Gasteiger partial charge in [0, 0.05) is 67.5 Å². The lowest BCUT2D eigenvalue weighted by molar-refractivity contribution is -0.991. The van der Waals surface area contributed by atoms with Gasteiger partial charge in [0.1, 0.15) is 0 Å². The Kier molecular flexibility index (Phi) is 26.0. The molecule has 1 aromatic carbocycles. The second-order valence-electron chi connectivity index (χ2n) is 6.55. The van der Waals surface area contributed by atoms with E-state index in [0.717, 1.165) is 18.8 Å². The van der Waals surface area contributed by atoms with Crippen LogP contribution in [0, 0.1) is 5.21 Å². The fourth-order valence-electron chi connectivity index (χ4n) is 2.37. The Morgan fingerprint density at radius 3 is 1.55 bits per heavy atom. The maximum Gasteiger partial charge on any atom is 0.169 e. The molecule has 0 saturated carbocycles. The minimum Gasteiger partial charge on any atom is -0.595 e. The van der Waals surface area contributed by atoms with Crippen molar-refractivity contribution >= 4 is 5.69 Å². The first kappa shape index (κ1) is 32.0. The van der Waals surface area contributed by atoms with Crippen molar-refractivity contribution in [3.05, 3.63) is 34.5 Å². The minimum atomic E-state index is -0.944. The van der Waals surface area contributed by atoms with Crippen LogP contribution in [-0.2, 0) is 41.6 Å². The average Bonchev–Trinajstić information content (AvgIpc) is 2.77. The Hall–Kier alpha value is -1.14. The molecule has 9 heteroatoms. The maximum atomic E-state index is 11.0. The van der Waals surface area contributed by atoms with Gasteiger partial charge in [-0.25, -0.2) is 5.21 Å². The molecular weight excluding hydrogens is 406 g/mol. The van der Waals surface area contributed by atoms with Gasteiger partial charge in [0.15, 0.2) is 5.69 Å². The SMILES string of the molecule is COCCCCCCOC.COCCOC.COCc1ccc(COC)c([NH+]([O-])O)c1. The van der Waals surface area contributed by atoms with E-state index in [1.54, 1.807) is 47.7 Å². The Morgan fingerprint density at radius 1 is 0.677 bits per heavy atom. The van der Waals surface area contributed by atoms with E-state index in [1.807, 2.05) is 6.07 Å². The molecule has 184 valence electrons. The summed E-state index contributed by atoms with van der Waals surface area (Å²) in [4.78, 5) is 0. The molecule has 0 radical (unpaired) electrons. The van der Waals surface area contributed by atoms with E-state index in [0.29, 0.717) is 32.0 Å². The summed E-state index contributed by atoms with van der Waals surface area (Å²) >= 11 is 0. The summed E-state index contributed by atoms with van der Waals surface area (Å²) in [5.74, 6) is 0. The van der Waals surface area contributed by atoms with Gasteiger partial charge in [-0.1, -0.05) is 25.0 Å². The molecule has 0 heterocycles. The van der Waals surface area contributed by atoms with Crippen molar-refractivity contribution in [2.75, 3.05) is 69.1 Å². The van der Waals surface area contributed by atoms with Gasteiger partial charge in [0.05, 0.1) is 26.4 Å². The van der Waals surface area contributed by atoms with E-state index in [-0.39, 0.29) is 5.69 Å². The van der Waals surface area contributed by atoms with Crippen LogP contribution < -0.4 is 5.23 Å². The first-order valence-electron chi connectivity index (χ1n) is 10.3. The average molecular weight is 450 g/mol. The number of hydrogen-bond donors (Lipinski definition) is 2. The zero-order valence-electron chi connectivity index (χ0n) is 20.1. The number of rotatable bonds is 15. The molecule has 1 aromatic rings. The Morgan fingerprint density at radius 2 is 1.16 bits per heavy atom. The molecule has 0 aliphatic rings. The van der Waals surface area contributed by atoms with E-state index in [1.165, 1.54) is 32.8 Å².